The molecule has 1 aromatic heterocycles. The number of hydrogen-bond donors (Lipinski definition) is 2. The number of carboxylic acid groups (broad SMARTS) is 1. The Labute approximate surface area is 180 Å². The third kappa shape index (κ3) is 4.78. The van der Waals surface area contributed by atoms with Gasteiger partial charge in [-0.05, 0) is 49.1 Å². The summed E-state index contributed by atoms with van der Waals surface area (Å²) >= 11 is 0. The Hall–Kier alpha value is -3.16. The Morgan fingerprint density at radius 3 is 2.42 bits per heavy atom. The quantitative estimate of drug-likeness (QED) is 0.403. The molecule has 4 aromatic rings. The van der Waals surface area contributed by atoms with Crippen LogP contribution in [0.5, 0.6) is 0 Å². The van der Waals surface area contributed by atoms with Crippen molar-refractivity contribution < 1.29 is 22.7 Å². The molecule has 0 radical (unpaired) electrons. The van der Waals surface area contributed by atoms with Gasteiger partial charge in [-0.3, -0.25) is 10.1 Å². The predicted octanol–water partition coefficient (Wildman–Crippen LogP) is 4.38. The van der Waals surface area contributed by atoms with Crippen LogP contribution in [0.3, 0.4) is 0 Å². The molecule has 3 aromatic carbocycles. The molecule has 0 bridgehead atoms. The lowest BCUT2D eigenvalue weighted by Gasteiger charge is -2.15. The predicted molar refractivity (Wildman–Crippen MR) is 120 cm³/mol. The highest BCUT2D eigenvalue weighted by atomic mass is 32.2. The summed E-state index contributed by atoms with van der Waals surface area (Å²) < 4.78 is 31.5. The van der Waals surface area contributed by atoms with Gasteiger partial charge in [-0.2, -0.15) is 0 Å². The van der Waals surface area contributed by atoms with Crippen molar-refractivity contribution in [3.8, 4) is 0 Å². The minimum atomic E-state index is -3.72. The average molecular weight is 438 g/mol. The zero-order valence-electron chi connectivity index (χ0n) is 16.8. The molecule has 0 saturated heterocycles. The van der Waals surface area contributed by atoms with Crippen molar-refractivity contribution in [2.24, 2.45) is 0 Å². The number of aryl methyl sites for hydroxylation is 1. The second kappa shape index (κ2) is 8.91. The standard InChI is InChI=1S/C24H23NO5S/c26-24(27)21(11-6-9-17-7-2-1-3-8-17)25-16-31(28,29)18-13-14-23-20(15-18)19-10-4-5-12-22(19)30-23/h1-5,7-8,10,12-15,21,25H,6,9,11,16H2,(H,26,27). The SMILES string of the molecule is O=C(O)C(CCCc1ccccc1)NCS(=O)(=O)c1ccc2oc3ccccc3c2c1. The van der Waals surface area contributed by atoms with Crippen LogP contribution in [0.15, 0.2) is 82.1 Å². The second-order valence-corrected chi connectivity index (χ2v) is 9.48. The molecule has 1 unspecified atom stereocenters. The molecule has 6 nitrogen and oxygen atoms in total. The molecule has 0 amide bonds. The molecule has 31 heavy (non-hydrogen) atoms. The monoisotopic (exact) mass is 437 g/mol. The number of hydrogen-bond acceptors (Lipinski definition) is 5. The molecule has 1 atom stereocenters. The van der Waals surface area contributed by atoms with Crippen molar-refractivity contribution in [2.75, 3.05) is 5.88 Å². The van der Waals surface area contributed by atoms with Crippen LogP contribution in [0.25, 0.3) is 21.9 Å². The highest BCUT2D eigenvalue weighted by molar-refractivity contribution is 7.91. The van der Waals surface area contributed by atoms with Gasteiger partial charge >= 0.3 is 5.97 Å². The first-order valence-electron chi connectivity index (χ1n) is 10.1. The van der Waals surface area contributed by atoms with Crippen molar-refractivity contribution in [1.82, 2.24) is 5.32 Å². The van der Waals surface area contributed by atoms with Gasteiger partial charge in [0, 0.05) is 10.8 Å². The minimum absolute atomic E-state index is 0.132. The molecule has 1 heterocycles. The summed E-state index contributed by atoms with van der Waals surface area (Å²) in [5, 5.41) is 13.8. The molecular weight excluding hydrogens is 414 g/mol. The number of benzene rings is 3. The number of carboxylic acids is 1. The average Bonchev–Trinajstić information content (AvgIpc) is 3.14. The molecule has 160 valence electrons. The maximum Gasteiger partial charge on any atom is 0.320 e. The highest BCUT2D eigenvalue weighted by Crippen LogP contribution is 2.30. The Morgan fingerprint density at radius 1 is 0.935 bits per heavy atom. The maximum absolute atomic E-state index is 12.9. The lowest BCUT2D eigenvalue weighted by atomic mass is 10.1. The van der Waals surface area contributed by atoms with E-state index in [1.807, 2.05) is 54.6 Å². The molecule has 0 aliphatic carbocycles. The molecule has 0 fully saturated rings. The Morgan fingerprint density at radius 2 is 1.65 bits per heavy atom. The molecule has 7 heteroatoms. The number of para-hydroxylation sites is 1. The molecule has 2 N–H and O–H groups in total. The second-order valence-electron chi connectivity index (χ2n) is 7.49. The van der Waals surface area contributed by atoms with E-state index in [0.717, 1.165) is 17.4 Å². The largest absolute Gasteiger partial charge is 0.480 e. The van der Waals surface area contributed by atoms with Crippen LogP contribution >= 0.6 is 0 Å². The van der Waals surface area contributed by atoms with Crippen molar-refractivity contribution in [2.45, 2.75) is 30.2 Å². The highest BCUT2D eigenvalue weighted by Gasteiger charge is 2.22. The fourth-order valence-corrected chi connectivity index (χ4v) is 4.82. The fourth-order valence-electron chi connectivity index (χ4n) is 3.66. The lowest BCUT2D eigenvalue weighted by molar-refractivity contribution is -0.139. The number of carbonyl (C=O) groups is 1. The number of aliphatic carboxylic acids is 1. The third-order valence-electron chi connectivity index (χ3n) is 5.33. The number of rotatable bonds is 9. The van der Waals surface area contributed by atoms with Gasteiger partial charge in [0.25, 0.3) is 0 Å². The summed E-state index contributed by atoms with van der Waals surface area (Å²) in [6.07, 6.45) is 1.72. The van der Waals surface area contributed by atoms with Gasteiger partial charge in [0.1, 0.15) is 23.1 Å². The van der Waals surface area contributed by atoms with E-state index in [2.05, 4.69) is 5.32 Å². The first-order chi connectivity index (χ1) is 14.9. The zero-order chi connectivity index (χ0) is 21.8. The van der Waals surface area contributed by atoms with E-state index in [-0.39, 0.29) is 4.90 Å². The van der Waals surface area contributed by atoms with Crippen molar-refractivity contribution >= 4 is 37.7 Å². The van der Waals surface area contributed by atoms with E-state index in [0.29, 0.717) is 29.4 Å². The Balaban J connectivity index is 1.45. The van der Waals surface area contributed by atoms with Gasteiger partial charge < -0.3 is 9.52 Å². The third-order valence-corrected chi connectivity index (χ3v) is 6.85. The first-order valence-corrected chi connectivity index (χ1v) is 11.7. The van der Waals surface area contributed by atoms with Crippen LogP contribution < -0.4 is 5.32 Å². The minimum Gasteiger partial charge on any atom is -0.480 e. The van der Waals surface area contributed by atoms with Gasteiger partial charge in [0.2, 0.25) is 0 Å². The summed E-state index contributed by atoms with van der Waals surface area (Å²) in [6.45, 7) is 0. The van der Waals surface area contributed by atoms with Crippen LogP contribution in [-0.4, -0.2) is 31.4 Å². The van der Waals surface area contributed by atoms with E-state index < -0.39 is 27.7 Å². The van der Waals surface area contributed by atoms with Crippen molar-refractivity contribution in [1.29, 1.82) is 0 Å². The van der Waals surface area contributed by atoms with E-state index >= 15 is 0 Å². The number of sulfone groups is 1. The molecule has 0 spiro atoms. The molecule has 0 aliphatic heterocycles. The van der Waals surface area contributed by atoms with Crippen molar-refractivity contribution in [3.05, 3.63) is 78.4 Å². The Kier molecular flexibility index (Phi) is 6.06. The van der Waals surface area contributed by atoms with Gasteiger partial charge in [0.15, 0.2) is 9.84 Å². The van der Waals surface area contributed by atoms with Crippen molar-refractivity contribution in [3.63, 3.8) is 0 Å². The molecule has 0 saturated carbocycles. The van der Waals surface area contributed by atoms with E-state index in [9.17, 15) is 18.3 Å². The van der Waals surface area contributed by atoms with Crippen LogP contribution in [0.2, 0.25) is 0 Å². The summed E-state index contributed by atoms with van der Waals surface area (Å²) in [7, 11) is -3.72. The summed E-state index contributed by atoms with van der Waals surface area (Å²) in [4.78, 5) is 11.7. The fraction of sp³-hybridized carbons (Fsp3) is 0.208. The summed E-state index contributed by atoms with van der Waals surface area (Å²) in [5.41, 5.74) is 2.42. The van der Waals surface area contributed by atoms with E-state index in [1.54, 1.807) is 12.1 Å². The van der Waals surface area contributed by atoms with Gasteiger partial charge in [0.05, 0.1) is 4.90 Å². The lowest BCUT2D eigenvalue weighted by Crippen LogP contribution is -2.39. The summed E-state index contributed by atoms with van der Waals surface area (Å²) in [6, 6.07) is 21.0. The zero-order valence-corrected chi connectivity index (χ0v) is 17.6. The first kappa shape index (κ1) is 21.1. The molecule has 4 rings (SSSR count). The topological polar surface area (TPSA) is 96.6 Å². The normalized spacial score (nSPS) is 12.9. The van der Waals surface area contributed by atoms with Crippen LogP contribution in [0, 0.1) is 0 Å². The summed E-state index contributed by atoms with van der Waals surface area (Å²) in [5.74, 6) is -1.50. The number of furan rings is 1. The Bertz CT molecular complexity index is 1310. The van der Waals surface area contributed by atoms with Gasteiger partial charge in [-0.25, -0.2) is 8.42 Å². The smallest absolute Gasteiger partial charge is 0.320 e. The van der Waals surface area contributed by atoms with Crippen LogP contribution in [0.4, 0.5) is 0 Å². The van der Waals surface area contributed by atoms with Gasteiger partial charge in [-0.15, -0.1) is 0 Å². The van der Waals surface area contributed by atoms with E-state index in [4.69, 9.17) is 4.42 Å². The maximum atomic E-state index is 12.9. The number of fused-ring (bicyclic) bond motifs is 3. The van der Waals surface area contributed by atoms with Gasteiger partial charge in [-0.1, -0.05) is 48.5 Å². The number of nitrogens with one attached hydrogen (secondary N) is 1. The molecule has 0 aliphatic rings. The van der Waals surface area contributed by atoms with Crippen LogP contribution in [0.1, 0.15) is 18.4 Å². The van der Waals surface area contributed by atoms with E-state index in [1.165, 1.54) is 6.07 Å². The van der Waals surface area contributed by atoms with Crippen LogP contribution in [-0.2, 0) is 21.1 Å². The molecular formula is C24H23NO5S.